The summed E-state index contributed by atoms with van der Waals surface area (Å²) in [4.78, 5) is 9.29. The first-order valence-electron chi connectivity index (χ1n) is 11.8. The Morgan fingerprint density at radius 2 is 1.68 bits per heavy atom. The molecule has 0 radical (unpaired) electrons. The van der Waals surface area contributed by atoms with Crippen molar-refractivity contribution in [3.63, 3.8) is 0 Å². The minimum absolute atomic E-state index is 0.132. The van der Waals surface area contributed by atoms with Crippen molar-refractivity contribution in [1.29, 1.82) is 0 Å². The molecule has 34 heavy (non-hydrogen) atoms. The molecule has 1 aromatic carbocycles. The van der Waals surface area contributed by atoms with Crippen LogP contribution in [0.1, 0.15) is 23.4 Å². The van der Waals surface area contributed by atoms with Crippen LogP contribution in [0, 0.1) is 20.8 Å². The van der Waals surface area contributed by atoms with Crippen molar-refractivity contribution >= 4 is 21.4 Å². The van der Waals surface area contributed by atoms with Gasteiger partial charge in [-0.1, -0.05) is 18.2 Å². The molecule has 0 unspecified atom stereocenters. The SMILES string of the molecule is Cc1cc(C)c2c(n1)S(=O)(=O)N(CCCN1CCN(c3ccccc3)CC1)c1c-2nn(C)c1C. The largest absolute Gasteiger partial charge is 0.369 e. The van der Waals surface area contributed by atoms with Gasteiger partial charge in [0.15, 0.2) is 5.03 Å². The third-order valence-electron chi connectivity index (χ3n) is 6.96. The van der Waals surface area contributed by atoms with Crippen LogP contribution in [0.25, 0.3) is 11.3 Å². The topological polar surface area (TPSA) is 74.6 Å². The molecule has 0 spiro atoms. The van der Waals surface area contributed by atoms with Crippen molar-refractivity contribution in [3.8, 4) is 11.3 Å². The summed E-state index contributed by atoms with van der Waals surface area (Å²) in [6.07, 6.45) is 0.748. The molecule has 2 aliphatic heterocycles. The molecule has 0 atom stereocenters. The van der Waals surface area contributed by atoms with E-state index in [2.05, 4.69) is 44.1 Å². The van der Waals surface area contributed by atoms with Gasteiger partial charge in [0, 0.05) is 63.3 Å². The van der Waals surface area contributed by atoms with E-state index in [-0.39, 0.29) is 5.03 Å². The van der Waals surface area contributed by atoms with Crippen LogP contribution >= 0.6 is 0 Å². The van der Waals surface area contributed by atoms with E-state index in [1.807, 2.05) is 40.0 Å². The Bertz CT molecular complexity index is 1310. The van der Waals surface area contributed by atoms with Gasteiger partial charge in [0.25, 0.3) is 10.0 Å². The highest BCUT2D eigenvalue weighted by atomic mass is 32.2. The van der Waals surface area contributed by atoms with Gasteiger partial charge in [-0.15, -0.1) is 0 Å². The molecule has 0 amide bonds. The van der Waals surface area contributed by atoms with Gasteiger partial charge in [-0.2, -0.15) is 13.5 Å². The van der Waals surface area contributed by atoms with E-state index in [4.69, 9.17) is 0 Å². The predicted molar refractivity (Wildman–Crippen MR) is 135 cm³/mol. The molecular formula is C25H32N6O2S. The van der Waals surface area contributed by atoms with Gasteiger partial charge in [-0.3, -0.25) is 13.9 Å². The number of benzene rings is 1. The lowest BCUT2D eigenvalue weighted by Crippen LogP contribution is -2.47. The highest BCUT2D eigenvalue weighted by molar-refractivity contribution is 7.93. The molecule has 1 saturated heterocycles. The van der Waals surface area contributed by atoms with E-state index in [9.17, 15) is 8.42 Å². The fraction of sp³-hybridized carbons (Fsp3) is 0.440. The summed E-state index contributed by atoms with van der Waals surface area (Å²) in [5.74, 6) is 0. The average Bonchev–Trinajstić information content (AvgIpc) is 3.10. The first kappa shape index (κ1) is 22.9. The maximum Gasteiger partial charge on any atom is 0.282 e. The second-order valence-corrected chi connectivity index (χ2v) is 11.0. The van der Waals surface area contributed by atoms with Gasteiger partial charge in [0.05, 0.1) is 5.69 Å². The second kappa shape index (κ2) is 8.70. The van der Waals surface area contributed by atoms with Crippen LogP contribution in [-0.2, 0) is 17.1 Å². The molecule has 180 valence electrons. The van der Waals surface area contributed by atoms with E-state index >= 15 is 0 Å². The number of fused-ring (bicyclic) bond motifs is 3. The summed E-state index contributed by atoms with van der Waals surface area (Å²) in [6.45, 7) is 10.9. The maximum atomic E-state index is 13.7. The summed E-state index contributed by atoms with van der Waals surface area (Å²) in [5, 5.41) is 4.82. The zero-order valence-corrected chi connectivity index (χ0v) is 21.1. The van der Waals surface area contributed by atoms with E-state index in [0.29, 0.717) is 29.2 Å². The second-order valence-electron chi connectivity index (χ2n) is 9.26. The number of piperazine rings is 1. The predicted octanol–water partition coefficient (Wildman–Crippen LogP) is 3.13. The number of para-hydroxylation sites is 1. The third kappa shape index (κ3) is 3.86. The Morgan fingerprint density at radius 3 is 2.38 bits per heavy atom. The van der Waals surface area contributed by atoms with Crippen LogP contribution in [0.15, 0.2) is 41.4 Å². The van der Waals surface area contributed by atoms with Gasteiger partial charge in [0.2, 0.25) is 0 Å². The lowest BCUT2D eigenvalue weighted by Gasteiger charge is -2.36. The summed E-state index contributed by atoms with van der Waals surface area (Å²) in [6, 6.07) is 12.4. The van der Waals surface area contributed by atoms with Crippen LogP contribution in [-0.4, -0.2) is 67.4 Å². The van der Waals surface area contributed by atoms with Gasteiger partial charge < -0.3 is 4.90 Å². The number of hydrogen-bond acceptors (Lipinski definition) is 6. The van der Waals surface area contributed by atoms with Gasteiger partial charge >= 0.3 is 0 Å². The Kier molecular flexibility index (Phi) is 5.85. The molecule has 2 aliphatic rings. The first-order chi connectivity index (χ1) is 16.3. The summed E-state index contributed by atoms with van der Waals surface area (Å²) in [7, 11) is -1.89. The van der Waals surface area contributed by atoms with Gasteiger partial charge in [-0.05, 0) is 51.0 Å². The Balaban J connectivity index is 1.33. The summed E-state index contributed by atoms with van der Waals surface area (Å²) < 4.78 is 30.8. The van der Waals surface area contributed by atoms with Crippen LogP contribution < -0.4 is 9.21 Å². The quantitative estimate of drug-likeness (QED) is 0.559. The molecule has 1 fully saturated rings. The maximum absolute atomic E-state index is 13.7. The highest BCUT2D eigenvalue weighted by Gasteiger charge is 2.40. The summed E-state index contributed by atoms with van der Waals surface area (Å²) in [5.41, 5.74) is 5.74. The lowest BCUT2D eigenvalue weighted by molar-refractivity contribution is 0.256. The first-order valence-corrected chi connectivity index (χ1v) is 13.3. The highest BCUT2D eigenvalue weighted by Crippen LogP contribution is 2.44. The van der Waals surface area contributed by atoms with Gasteiger partial charge in [-0.25, -0.2) is 4.98 Å². The van der Waals surface area contributed by atoms with Crippen molar-refractivity contribution in [2.45, 2.75) is 32.2 Å². The van der Waals surface area contributed by atoms with Crippen LogP contribution in [0.4, 0.5) is 11.4 Å². The molecule has 0 saturated carbocycles. The number of hydrogen-bond donors (Lipinski definition) is 0. The van der Waals surface area contributed by atoms with Crippen molar-refractivity contribution in [3.05, 3.63) is 53.3 Å². The fourth-order valence-electron chi connectivity index (χ4n) is 5.10. The Labute approximate surface area is 201 Å². The molecule has 8 nitrogen and oxygen atoms in total. The molecule has 5 rings (SSSR count). The number of pyridine rings is 1. The third-order valence-corrected chi connectivity index (χ3v) is 8.69. The molecule has 9 heteroatoms. The molecule has 0 N–H and O–H groups in total. The molecular weight excluding hydrogens is 448 g/mol. The van der Waals surface area contributed by atoms with E-state index < -0.39 is 10.0 Å². The van der Waals surface area contributed by atoms with Crippen molar-refractivity contribution < 1.29 is 8.42 Å². The Morgan fingerprint density at radius 1 is 0.971 bits per heavy atom. The minimum Gasteiger partial charge on any atom is -0.369 e. The molecule has 4 heterocycles. The molecule has 2 aromatic heterocycles. The van der Waals surface area contributed by atoms with Crippen molar-refractivity contribution in [2.75, 3.05) is 48.5 Å². The number of sulfonamides is 1. The summed E-state index contributed by atoms with van der Waals surface area (Å²) >= 11 is 0. The number of nitrogens with zero attached hydrogens (tertiary/aromatic N) is 6. The van der Waals surface area contributed by atoms with E-state index in [0.717, 1.165) is 50.4 Å². The zero-order valence-electron chi connectivity index (χ0n) is 20.3. The molecule has 3 aromatic rings. The van der Waals surface area contributed by atoms with Crippen LogP contribution in [0.3, 0.4) is 0 Å². The standard InChI is InChI=1S/C25H32N6O2S/c1-18-17-19(2)26-25-22(18)23-24(20(3)28(4)27-23)31(34(25,32)33)12-8-11-29-13-15-30(16-14-29)21-9-6-5-7-10-21/h5-7,9-10,17H,8,11-16H2,1-4H3. The van der Waals surface area contributed by atoms with E-state index in [1.165, 1.54) is 5.69 Å². The smallest absolute Gasteiger partial charge is 0.282 e. The number of rotatable bonds is 5. The lowest BCUT2D eigenvalue weighted by atomic mass is 10.1. The number of aromatic nitrogens is 3. The van der Waals surface area contributed by atoms with Crippen molar-refractivity contribution in [2.24, 2.45) is 7.05 Å². The number of aryl methyl sites for hydroxylation is 3. The van der Waals surface area contributed by atoms with E-state index in [1.54, 1.807) is 8.99 Å². The zero-order chi connectivity index (χ0) is 24.0. The molecule has 0 aliphatic carbocycles. The van der Waals surface area contributed by atoms with Crippen LogP contribution in [0.5, 0.6) is 0 Å². The van der Waals surface area contributed by atoms with Gasteiger partial charge in [0.1, 0.15) is 11.4 Å². The Hall–Kier alpha value is -2.91. The minimum atomic E-state index is -3.76. The average molecular weight is 481 g/mol. The van der Waals surface area contributed by atoms with Crippen molar-refractivity contribution in [1.82, 2.24) is 19.7 Å². The molecule has 0 bridgehead atoms. The fourth-order valence-corrected chi connectivity index (χ4v) is 6.92. The monoisotopic (exact) mass is 480 g/mol. The van der Waals surface area contributed by atoms with Crippen LogP contribution in [0.2, 0.25) is 0 Å². The number of anilines is 2. The normalized spacial score (nSPS) is 17.5.